The zero-order valence-corrected chi connectivity index (χ0v) is 11.4. The van der Waals surface area contributed by atoms with Gasteiger partial charge in [0.05, 0.1) is 0 Å². The van der Waals surface area contributed by atoms with Crippen LogP contribution in [0.4, 0.5) is 4.39 Å². The topological polar surface area (TPSA) is 0 Å². The molecule has 0 spiro atoms. The highest BCUT2D eigenvalue weighted by Gasteiger charge is 2.35. The summed E-state index contributed by atoms with van der Waals surface area (Å²) in [4.78, 5) is 0. The molecule has 2 rings (SSSR count). The maximum absolute atomic E-state index is 15.3. The third-order valence-electron chi connectivity index (χ3n) is 2.72. The van der Waals surface area contributed by atoms with Crippen LogP contribution in [0.25, 0.3) is 0 Å². The summed E-state index contributed by atoms with van der Waals surface area (Å²) >= 11 is 1.96. The lowest BCUT2D eigenvalue weighted by Crippen LogP contribution is -2.21. The quantitative estimate of drug-likeness (QED) is 0.702. The summed E-state index contributed by atoms with van der Waals surface area (Å²) in [5.74, 6) is 0. The molecule has 0 amide bonds. The second-order valence-electron chi connectivity index (χ2n) is 3.80. The van der Waals surface area contributed by atoms with Gasteiger partial charge in [-0.05, 0) is 33.7 Å². The van der Waals surface area contributed by atoms with E-state index in [1.807, 2.05) is 59.0 Å². The van der Waals surface area contributed by atoms with Gasteiger partial charge in [0.1, 0.15) is 0 Å². The van der Waals surface area contributed by atoms with E-state index < -0.39 is 5.67 Å². The van der Waals surface area contributed by atoms with Crippen molar-refractivity contribution in [3.8, 4) is 0 Å². The summed E-state index contributed by atoms with van der Waals surface area (Å²) in [6, 6.07) is 18.3. The Morgan fingerprint density at radius 2 is 1.24 bits per heavy atom. The standard InChI is InChI=1S/C15H12FI/c1-12(17)15(16,13-8-4-2-5-9-13)14-10-6-3-7-11-14/h2-11H,1H2. The van der Waals surface area contributed by atoms with Crippen molar-refractivity contribution in [1.82, 2.24) is 0 Å². The summed E-state index contributed by atoms with van der Waals surface area (Å²) in [6.45, 7) is 3.79. The molecule has 0 unspecified atom stereocenters. The molecule has 0 saturated carbocycles. The first-order valence-corrected chi connectivity index (χ1v) is 6.38. The second kappa shape index (κ2) is 5.00. The maximum atomic E-state index is 15.3. The van der Waals surface area contributed by atoms with Gasteiger partial charge < -0.3 is 0 Å². The highest BCUT2D eigenvalue weighted by atomic mass is 127. The highest BCUT2D eigenvalue weighted by molar-refractivity contribution is 14.1. The number of benzene rings is 2. The van der Waals surface area contributed by atoms with Crippen molar-refractivity contribution >= 4 is 22.6 Å². The average Bonchev–Trinajstić information content (AvgIpc) is 2.39. The Morgan fingerprint density at radius 1 is 0.882 bits per heavy atom. The third kappa shape index (κ3) is 2.27. The summed E-state index contributed by atoms with van der Waals surface area (Å²) in [6.07, 6.45) is 0. The van der Waals surface area contributed by atoms with Gasteiger partial charge in [-0.25, -0.2) is 4.39 Å². The third-order valence-corrected chi connectivity index (χ3v) is 3.46. The molecule has 2 aromatic carbocycles. The van der Waals surface area contributed by atoms with Crippen LogP contribution in [0.3, 0.4) is 0 Å². The number of halogens is 2. The van der Waals surface area contributed by atoms with Crippen molar-refractivity contribution < 1.29 is 4.39 Å². The summed E-state index contributed by atoms with van der Waals surface area (Å²) in [5.41, 5.74) is -0.389. The molecule has 0 heterocycles. The summed E-state index contributed by atoms with van der Waals surface area (Å²) < 4.78 is 15.7. The van der Waals surface area contributed by atoms with Gasteiger partial charge in [-0.1, -0.05) is 67.2 Å². The Hall–Kier alpha value is -1.16. The van der Waals surface area contributed by atoms with Gasteiger partial charge in [0.15, 0.2) is 5.67 Å². The van der Waals surface area contributed by atoms with Crippen LogP contribution in [-0.2, 0) is 5.67 Å². The van der Waals surface area contributed by atoms with E-state index in [1.54, 1.807) is 24.3 Å². The van der Waals surface area contributed by atoms with E-state index in [-0.39, 0.29) is 0 Å². The van der Waals surface area contributed by atoms with E-state index in [2.05, 4.69) is 6.58 Å². The molecule has 0 fully saturated rings. The smallest absolute Gasteiger partial charge is 0.191 e. The van der Waals surface area contributed by atoms with E-state index in [0.29, 0.717) is 14.7 Å². The molecule has 0 atom stereocenters. The molecule has 0 N–H and O–H groups in total. The molecule has 0 saturated heterocycles. The number of alkyl halides is 1. The minimum atomic E-state index is -1.62. The fraction of sp³-hybridized carbons (Fsp3) is 0.0667. The molecule has 17 heavy (non-hydrogen) atoms. The van der Waals surface area contributed by atoms with Crippen LogP contribution in [0.2, 0.25) is 0 Å². The molecule has 0 radical (unpaired) electrons. The fourth-order valence-corrected chi connectivity index (χ4v) is 2.44. The monoisotopic (exact) mass is 338 g/mol. The first-order valence-electron chi connectivity index (χ1n) is 5.30. The van der Waals surface area contributed by atoms with Gasteiger partial charge >= 0.3 is 0 Å². The van der Waals surface area contributed by atoms with Gasteiger partial charge in [-0.15, -0.1) is 0 Å². The molecule has 0 aliphatic carbocycles. The molecule has 0 nitrogen and oxygen atoms in total. The Bertz CT molecular complexity index is 465. The number of allylic oxidation sites excluding steroid dienone is 1. The molecular weight excluding hydrogens is 326 g/mol. The Kier molecular flexibility index (Phi) is 3.62. The predicted molar refractivity (Wildman–Crippen MR) is 77.9 cm³/mol. The van der Waals surface area contributed by atoms with Crippen LogP contribution >= 0.6 is 22.6 Å². The average molecular weight is 338 g/mol. The van der Waals surface area contributed by atoms with Crippen LogP contribution in [0.1, 0.15) is 11.1 Å². The SMILES string of the molecule is C=C(I)C(F)(c1ccccc1)c1ccccc1. The zero-order valence-electron chi connectivity index (χ0n) is 9.24. The van der Waals surface area contributed by atoms with Crippen LogP contribution < -0.4 is 0 Å². The van der Waals surface area contributed by atoms with Crippen molar-refractivity contribution in [2.45, 2.75) is 5.67 Å². The Balaban J connectivity index is 2.59. The molecule has 0 aliphatic rings. The molecule has 0 aromatic heterocycles. The van der Waals surface area contributed by atoms with Crippen molar-refractivity contribution in [2.75, 3.05) is 0 Å². The zero-order chi connectivity index (χ0) is 12.3. The van der Waals surface area contributed by atoms with Gasteiger partial charge in [-0.2, -0.15) is 0 Å². The first kappa shape index (κ1) is 12.3. The highest BCUT2D eigenvalue weighted by Crippen LogP contribution is 2.42. The van der Waals surface area contributed by atoms with Crippen molar-refractivity contribution in [1.29, 1.82) is 0 Å². The molecular formula is C15H12FI. The lowest BCUT2D eigenvalue weighted by atomic mass is 9.88. The minimum Gasteiger partial charge on any atom is -0.228 e. The van der Waals surface area contributed by atoms with Crippen LogP contribution in [0, 0.1) is 0 Å². The molecule has 0 bridgehead atoms. The summed E-state index contributed by atoms with van der Waals surface area (Å²) in [7, 11) is 0. The van der Waals surface area contributed by atoms with Crippen LogP contribution in [0.15, 0.2) is 70.8 Å². The molecule has 0 aliphatic heterocycles. The molecule has 2 heteroatoms. The second-order valence-corrected chi connectivity index (χ2v) is 5.10. The number of hydrogen-bond acceptors (Lipinski definition) is 0. The van der Waals surface area contributed by atoms with E-state index >= 15 is 4.39 Å². The van der Waals surface area contributed by atoms with E-state index in [1.165, 1.54) is 0 Å². The van der Waals surface area contributed by atoms with E-state index in [4.69, 9.17) is 0 Å². The van der Waals surface area contributed by atoms with Gasteiger partial charge in [-0.3, -0.25) is 0 Å². The largest absolute Gasteiger partial charge is 0.228 e. The van der Waals surface area contributed by atoms with Crippen LogP contribution in [-0.4, -0.2) is 0 Å². The van der Waals surface area contributed by atoms with E-state index in [9.17, 15) is 0 Å². The van der Waals surface area contributed by atoms with Crippen molar-refractivity contribution in [2.24, 2.45) is 0 Å². The fourth-order valence-electron chi connectivity index (χ4n) is 1.82. The lowest BCUT2D eigenvalue weighted by molar-refractivity contribution is 0.291. The van der Waals surface area contributed by atoms with Gasteiger partial charge in [0.25, 0.3) is 0 Å². The molecule has 86 valence electrons. The van der Waals surface area contributed by atoms with Crippen molar-refractivity contribution in [3.63, 3.8) is 0 Å². The van der Waals surface area contributed by atoms with Gasteiger partial charge in [0, 0.05) is 3.58 Å². The van der Waals surface area contributed by atoms with E-state index in [0.717, 1.165) is 0 Å². The summed E-state index contributed by atoms with van der Waals surface area (Å²) in [5, 5.41) is 0. The minimum absolute atomic E-state index is 0.465. The lowest BCUT2D eigenvalue weighted by Gasteiger charge is -2.25. The number of hydrogen-bond donors (Lipinski definition) is 0. The first-order chi connectivity index (χ1) is 8.15. The van der Waals surface area contributed by atoms with Crippen LogP contribution in [0.5, 0.6) is 0 Å². The Morgan fingerprint density at radius 3 is 1.53 bits per heavy atom. The van der Waals surface area contributed by atoms with Gasteiger partial charge in [0.2, 0.25) is 0 Å². The van der Waals surface area contributed by atoms with Crippen molar-refractivity contribution in [3.05, 3.63) is 81.9 Å². The maximum Gasteiger partial charge on any atom is 0.191 e. The molecule has 2 aromatic rings. The normalized spacial score (nSPS) is 11.2. The Labute approximate surface area is 114 Å². The number of rotatable bonds is 3. The predicted octanol–water partition coefficient (Wildman–Crippen LogP) is 4.85.